The molecule has 2 N–H and O–H groups in total. The smallest absolute Gasteiger partial charge is 0.252 e. The van der Waals surface area contributed by atoms with Crippen molar-refractivity contribution >= 4 is 23.4 Å². The average Bonchev–Trinajstić information content (AvgIpc) is 2.26. The Morgan fingerprint density at radius 3 is 2.42 bits per heavy atom. The van der Waals surface area contributed by atoms with Crippen LogP contribution in [-0.2, 0) is 4.79 Å². The van der Waals surface area contributed by atoms with Crippen molar-refractivity contribution in [3.63, 3.8) is 0 Å². The quantitative estimate of drug-likeness (QED) is 0.891. The van der Waals surface area contributed by atoms with Gasteiger partial charge in [0.15, 0.2) is 0 Å². The van der Waals surface area contributed by atoms with E-state index in [0.717, 1.165) is 0 Å². The largest absolute Gasteiger partial charge is 0.351 e. The van der Waals surface area contributed by atoms with Gasteiger partial charge < -0.3 is 10.6 Å². The van der Waals surface area contributed by atoms with Gasteiger partial charge in [0.05, 0.1) is 10.6 Å². The lowest BCUT2D eigenvalue weighted by atomic mass is 10.1. The van der Waals surface area contributed by atoms with E-state index < -0.39 is 0 Å². The number of halogens is 1. The number of carbonyl (C=O) groups excluding carboxylic acids is 2. The van der Waals surface area contributed by atoms with E-state index in [1.54, 1.807) is 24.3 Å². The molecule has 1 aromatic rings. The molecule has 1 rings (SSSR count). The second-order valence-corrected chi connectivity index (χ2v) is 5.69. The molecule has 1 aromatic carbocycles. The third-order valence-electron chi connectivity index (χ3n) is 2.27. The molecule has 2 amide bonds. The SMILES string of the molecule is CC(C)(C)NC(=O)CCNC(=O)c1ccccc1Cl. The highest BCUT2D eigenvalue weighted by molar-refractivity contribution is 6.33. The Bertz CT molecular complexity index is 467. The summed E-state index contributed by atoms with van der Waals surface area (Å²) in [7, 11) is 0. The topological polar surface area (TPSA) is 58.2 Å². The van der Waals surface area contributed by atoms with Crippen molar-refractivity contribution in [2.24, 2.45) is 0 Å². The summed E-state index contributed by atoms with van der Waals surface area (Å²) >= 11 is 5.91. The van der Waals surface area contributed by atoms with Crippen LogP contribution in [0.25, 0.3) is 0 Å². The van der Waals surface area contributed by atoms with Gasteiger partial charge in [-0.1, -0.05) is 23.7 Å². The van der Waals surface area contributed by atoms with Crippen molar-refractivity contribution in [1.29, 1.82) is 0 Å². The Hall–Kier alpha value is -1.55. The molecule has 0 saturated heterocycles. The lowest BCUT2D eigenvalue weighted by Gasteiger charge is -2.20. The van der Waals surface area contributed by atoms with Gasteiger partial charge in [-0.05, 0) is 32.9 Å². The first kappa shape index (κ1) is 15.5. The van der Waals surface area contributed by atoms with Gasteiger partial charge in [-0.25, -0.2) is 0 Å². The van der Waals surface area contributed by atoms with Crippen LogP contribution in [0.3, 0.4) is 0 Å². The van der Waals surface area contributed by atoms with E-state index in [4.69, 9.17) is 11.6 Å². The van der Waals surface area contributed by atoms with Crippen LogP contribution in [0, 0.1) is 0 Å². The van der Waals surface area contributed by atoms with Crippen molar-refractivity contribution in [3.05, 3.63) is 34.9 Å². The number of benzene rings is 1. The Kier molecular flexibility index (Phi) is 5.36. The number of rotatable bonds is 4. The van der Waals surface area contributed by atoms with E-state index in [0.29, 0.717) is 10.6 Å². The molecule has 0 aliphatic carbocycles. The predicted octanol–water partition coefficient (Wildman–Crippen LogP) is 2.37. The van der Waals surface area contributed by atoms with Crippen LogP contribution in [0.4, 0.5) is 0 Å². The fourth-order valence-corrected chi connectivity index (χ4v) is 1.73. The fraction of sp³-hybridized carbons (Fsp3) is 0.429. The predicted molar refractivity (Wildman–Crippen MR) is 76.3 cm³/mol. The number of hydrogen-bond donors (Lipinski definition) is 2. The minimum absolute atomic E-state index is 0.0908. The van der Waals surface area contributed by atoms with Crippen LogP contribution in [0.15, 0.2) is 24.3 Å². The van der Waals surface area contributed by atoms with Crippen molar-refractivity contribution in [2.45, 2.75) is 32.7 Å². The maximum Gasteiger partial charge on any atom is 0.252 e. The summed E-state index contributed by atoms with van der Waals surface area (Å²) in [6, 6.07) is 6.80. The van der Waals surface area contributed by atoms with Gasteiger partial charge in [-0.15, -0.1) is 0 Å². The summed E-state index contributed by atoms with van der Waals surface area (Å²) in [4.78, 5) is 23.4. The molecule has 0 heterocycles. The molecular weight excluding hydrogens is 264 g/mol. The number of nitrogens with one attached hydrogen (secondary N) is 2. The minimum atomic E-state index is -0.269. The molecule has 0 aliphatic rings. The maximum atomic E-state index is 11.8. The third-order valence-corrected chi connectivity index (χ3v) is 2.60. The molecule has 0 spiro atoms. The molecular formula is C14H19ClN2O2. The fourth-order valence-electron chi connectivity index (χ4n) is 1.51. The summed E-state index contributed by atoms with van der Waals surface area (Å²) in [5.74, 6) is -0.360. The standard InChI is InChI=1S/C14H19ClN2O2/c1-14(2,3)17-12(18)8-9-16-13(19)10-6-4-5-7-11(10)15/h4-7H,8-9H2,1-3H3,(H,16,19)(H,17,18). The van der Waals surface area contributed by atoms with Gasteiger partial charge >= 0.3 is 0 Å². The van der Waals surface area contributed by atoms with Gasteiger partial charge in [0.1, 0.15) is 0 Å². The Morgan fingerprint density at radius 2 is 1.84 bits per heavy atom. The Morgan fingerprint density at radius 1 is 1.21 bits per heavy atom. The van der Waals surface area contributed by atoms with Crippen LogP contribution >= 0.6 is 11.6 Å². The van der Waals surface area contributed by atoms with E-state index in [9.17, 15) is 9.59 Å². The first-order valence-electron chi connectivity index (χ1n) is 6.13. The zero-order valence-corrected chi connectivity index (χ0v) is 12.2. The summed E-state index contributed by atoms with van der Waals surface area (Å²) < 4.78 is 0. The highest BCUT2D eigenvalue weighted by atomic mass is 35.5. The van der Waals surface area contributed by atoms with Crippen molar-refractivity contribution < 1.29 is 9.59 Å². The first-order valence-corrected chi connectivity index (χ1v) is 6.51. The summed E-state index contributed by atoms with van der Waals surface area (Å²) in [6.07, 6.45) is 0.244. The number of amides is 2. The molecule has 4 nitrogen and oxygen atoms in total. The van der Waals surface area contributed by atoms with Gasteiger partial charge in [-0.2, -0.15) is 0 Å². The van der Waals surface area contributed by atoms with E-state index in [1.165, 1.54) is 0 Å². The molecule has 0 aromatic heterocycles. The summed E-state index contributed by atoms with van der Waals surface area (Å²) in [6.45, 7) is 6.01. The first-order chi connectivity index (χ1) is 8.79. The minimum Gasteiger partial charge on any atom is -0.351 e. The molecule has 0 atom stereocenters. The zero-order valence-electron chi connectivity index (χ0n) is 11.4. The molecule has 0 bridgehead atoms. The highest BCUT2D eigenvalue weighted by Gasteiger charge is 2.14. The van der Waals surface area contributed by atoms with E-state index in [1.807, 2.05) is 20.8 Å². The Labute approximate surface area is 118 Å². The average molecular weight is 283 g/mol. The summed E-state index contributed by atoms with van der Waals surface area (Å²) in [5.41, 5.74) is 0.157. The second-order valence-electron chi connectivity index (χ2n) is 5.28. The molecule has 0 aliphatic heterocycles. The Balaban J connectivity index is 2.40. The van der Waals surface area contributed by atoms with Gasteiger partial charge in [0.25, 0.3) is 5.91 Å². The molecule has 5 heteroatoms. The van der Waals surface area contributed by atoms with Gasteiger partial charge in [-0.3, -0.25) is 9.59 Å². The van der Waals surface area contributed by atoms with Crippen LogP contribution in [0.1, 0.15) is 37.6 Å². The van der Waals surface area contributed by atoms with Crippen molar-refractivity contribution in [1.82, 2.24) is 10.6 Å². The zero-order chi connectivity index (χ0) is 14.5. The molecule has 19 heavy (non-hydrogen) atoms. The van der Waals surface area contributed by atoms with Crippen molar-refractivity contribution in [3.8, 4) is 0 Å². The monoisotopic (exact) mass is 282 g/mol. The normalized spacial score (nSPS) is 10.9. The second kappa shape index (κ2) is 6.57. The van der Waals surface area contributed by atoms with Crippen LogP contribution in [0.2, 0.25) is 5.02 Å². The van der Waals surface area contributed by atoms with E-state index in [-0.39, 0.29) is 30.3 Å². The number of carbonyl (C=O) groups is 2. The summed E-state index contributed by atoms with van der Waals surface area (Å²) in [5, 5.41) is 5.90. The molecule has 0 saturated carbocycles. The molecule has 0 radical (unpaired) electrons. The van der Waals surface area contributed by atoms with Crippen molar-refractivity contribution in [2.75, 3.05) is 6.54 Å². The van der Waals surface area contributed by atoms with E-state index in [2.05, 4.69) is 10.6 Å². The molecule has 0 fully saturated rings. The van der Waals surface area contributed by atoms with Crippen LogP contribution in [-0.4, -0.2) is 23.9 Å². The highest BCUT2D eigenvalue weighted by Crippen LogP contribution is 2.14. The number of hydrogen-bond acceptors (Lipinski definition) is 2. The lowest BCUT2D eigenvalue weighted by molar-refractivity contribution is -0.122. The molecule has 104 valence electrons. The third kappa shape index (κ3) is 5.75. The molecule has 0 unspecified atom stereocenters. The van der Waals surface area contributed by atoms with Gasteiger partial charge in [0, 0.05) is 18.5 Å². The lowest BCUT2D eigenvalue weighted by Crippen LogP contribution is -2.42. The van der Waals surface area contributed by atoms with Crippen LogP contribution < -0.4 is 10.6 Å². The van der Waals surface area contributed by atoms with Crippen LogP contribution in [0.5, 0.6) is 0 Å². The van der Waals surface area contributed by atoms with Gasteiger partial charge in [0.2, 0.25) is 5.91 Å². The van der Waals surface area contributed by atoms with E-state index >= 15 is 0 Å². The maximum absolute atomic E-state index is 11.8.